The standard InChI is InChI=1S/C17H17N7O2S/c1-2-23-16(12-6-5-9-26-12)21-22-17(23)27-11-15(25)18-10-14-20-19-13-7-3-4-8-24(13)14/h3-9H,2,10-11H2,1H3,(H,18,25). The van der Waals surface area contributed by atoms with Gasteiger partial charge < -0.3 is 9.73 Å². The molecule has 9 nitrogen and oxygen atoms in total. The molecular formula is C17H17N7O2S. The van der Waals surface area contributed by atoms with Crippen molar-refractivity contribution in [1.82, 2.24) is 34.7 Å². The van der Waals surface area contributed by atoms with Gasteiger partial charge in [0.1, 0.15) is 0 Å². The fraction of sp³-hybridized carbons (Fsp3) is 0.235. The SMILES string of the molecule is CCn1c(SCC(=O)NCc2nnc3ccccn23)nnc1-c1ccco1. The molecule has 10 heteroatoms. The number of pyridine rings is 1. The number of furan rings is 1. The molecular weight excluding hydrogens is 366 g/mol. The Kier molecular flexibility index (Phi) is 4.88. The lowest BCUT2D eigenvalue weighted by atomic mass is 10.4. The van der Waals surface area contributed by atoms with Crippen molar-refractivity contribution >= 4 is 23.3 Å². The number of carbonyl (C=O) groups excluding carboxylic acids is 1. The number of carbonyl (C=O) groups is 1. The number of hydrogen-bond donors (Lipinski definition) is 1. The van der Waals surface area contributed by atoms with Gasteiger partial charge in [-0.1, -0.05) is 17.8 Å². The predicted octanol–water partition coefficient (Wildman–Crippen LogP) is 2.01. The fourth-order valence-corrected chi connectivity index (χ4v) is 3.47. The molecule has 138 valence electrons. The van der Waals surface area contributed by atoms with Gasteiger partial charge in [0.2, 0.25) is 5.91 Å². The Hall–Kier alpha value is -3.14. The first kappa shape index (κ1) is 17.3. The van der Waals surface area contributed by atoms with Crippen molar-refractivity contribution < 1.29 is 9.21 Å². The number of nitrogens with zero attached hydrogens (tertiary/aromatic N) is 6. The Morgan fingerprint density at radius 1 is 1.19 bits per heavy atom. The predicted molar refractivity (Wildman–Crippen MR) is 99.0 cm³/mol. The normalized spacial score (nSPS) is 11.1. The van der Waals surface area contributed by atoms with Crippen LogP contribution in [-0.4, -0.2) is 41.0 Å². The summed E-state index contributed by atoms with van der Waals surface area (Å²) in [4.78, 5) is 12.2. The summed E-state index contributed by atoms with van der Waals surface area (Å²) < 4.78 is 9.15. The molecule has 0 fully saturated rings. The molecule has 0 aromatic carbocycles. The summed E-state index contributed by atoms with van der Waals surface area (Å²) in [7, 11) is 0. The van der Waals surface area contributed by atoms with Crippen LogP contribution in [-0.2, 0) is 17.9 Å². The van der Waals surface area contributed by atoms with E-state index < -0.39 is 0 Å². The maximum absolute atomic E-state index is 12.2. The number of rotatable bonds is 7. The van der Waals surface area contributed by atoms with Crippen LogP contribution < -0.4 is 5.32 Å². The van der Waals surface area contributed by atoms with Gasteiger partial charge in [-0.15, -0.1) is 20.4 Å². The molecule has 4 rings (SSSR count). The van der Waals surface area contributed by atoms with E-state index in [1.165, 1.54) is 11.8 Å². The molecule has 4 aromatic heterocycles. The minimum atomic E-state index is -0.113. The second kappa shape index (κ2) is 7.62. The Balaban J connectivity index is 1.37. The van der Waals surface area contributed by atoms with Crippen LogP contribution in [0.1, 0.15) is 12.7 Å². The third-order valence-electron chi connectivity index (χ3n) is 3.93. The summed E-state index contributed by atoms with van der Waals surface area (Å²) in [5.74, 6) is 2.10. The smallest absolute Gasteiger partial charge is 0.230 e. The summed E-state index contributed by atoms with van der Waals surface area (Å²) in [6.07, 6.45) is 3.46. The van der Waals surface area contributed by atoms with Crippen molar-refractivity contribution in [3.05, 3.63) is 48.6 Å². The molecule has 0 spiro atoms. The van der Waals surface area contributed by atoms with Crippen molar-refractivity contribution in [2.24, 2.45) is 0 Å². The molecule has 0 radical (unpaired) electrons. The van der Waals surface area contributed by atoms with Crippen molar-refractivity contribution in [3.8, 4) is 11.6 Å². The summed E-state index contributed by atoms with van der Waals surface area (Å²) >= 11 is 1.33. The van der Waals surface area contributed by atoms with Gasteiger partial charge in [0.15, 0.2) is 28.2 Å². The van der Waals surface area contributed by atoms with Crippen LogP contribution in [0.5, 0.6) is 0 Å². The molecule has 0 aliphatic heterocycles. The molecule has 1 amide bonds. The number of amides is 1. The first-order valence-electron chi connectivity index (χ1n) is 8.41. The summed E-state index contributed by atoms with van der Waals surface area (Å²) in [5, 5.41) is 20.0. The summed E-state index contributed by atoms with van der Waals surface area (Å²) in [6.45, 7) is 2.98. The average molecular weight is 383 g/mol. The molecule has 0 saturated heterocycles. The first-order valence-corrected chi connectivity index (χ1v) is 9.40. The van der Waals surface area contributed by atoms with Gasteiger partial charge in [-0.3, -0.25) is 13.8 Å². The molecule has 0 bridgehead atoms. The Labute approximate surface area is 158 Å². The number of fused-ring (bicyclic) bond motifs is 1. The van der Waals surface area contributed by atoms with Crippen LogP contribution in [0.15, 0.2) is 52.4 Å². The highest BCUT2D eigenvalue weighted by molar-refractivity contribution is 7.99. The average Bonchev–Trinajstić information content (AvgIpc) is 3.43. The van der Waals surface area contributed by atoms with Gasteiger partial charge in [0.05, 0.1) is 18.6 Å². The molecule has 0 aliphatic carbocycles. The van der Waals surface area contributed by atoms with Crippen LogP contribution >= 0.6 is 11.8 Å². The zero-order valence-electron chi connectivity index (χ0n) is 14.6. The van der Waals surface area contributed by atoms with Crippen LogP contribution in [0.25, 0.3) is 17.2 Å². The molecule has 4 heterocycles. The lowest BCUT2D eigenvalue weighted by molar-refractivity contribution is -0.118. The third-order valence-corrected chi connectivity index (χ3v) is 4.90. The van der Waals surface area contributed by atoms with Crippen LogP contribution in [0.3, 0.4) is 0 Å². The molecule has 0 unspecified atom stereocenters. The van der Waals surface area contributed by atoms with E-state index in [-0.39, 0.29) is 11.7 Å². The zero-order valence-corrected chi connectivity index (χ0v) is 15.4. The van der Waals surface area contributed by atoms with E-state index in [9.17, 15) is 4.79 Å². The van der Waals surface area contributed by atoms with Crippen LogP contribution in [0.4, 0.5) is 0 Å². The van der Waals surface area contributed by atoms with Gasteiger partial charge in [-0.2, -0.15) is 0 Å². The van der Waals surface area contributed by atoms with Crippen LogP contribution in [0.2, 0.25) is 0 Å². The molecule has 27 heavy (non-hydrogen) atoms. The molecule has 1 N–H and O–H groups in total. The Morgan fingerprint density at radius 3 is 2.93 bits per heavy atom. The highest BCUT2D eigenvalue weighted by atomic mass is 32.2. The monoisotopic (exact) mass is 383 g/mol. The van der Waals surface area contributed by atoms with E-state index in [2.05, 4.69) is 25.7 Å². The van der Waals surface area contributed by atoms with Crippen LogP contribution in [0, 0.1) is 0 Å². The van der Waals surface area contributed by atoms with Gasteiger partial charge in [-0.05, 0) is 31.2 Å². The topological polar surface area (TPSA) is 103 Å². The lowest BCUT2D eigenvalue weighted by Crippen LogP contribution is -2.25. The largest absolute Gasteiger partial charge is 0.461 e. The summed E-state index contributed by atoms with van der Waals surface area (Å²) in [5.41, 5.74) is 0.748. The summed E-state index contributed by atoms with van der Waals surface area (Å²) in [6, 6.07) is 9.29. The number of hydrogen-bond acceptors (Lipinski definition) is 7. The lowest BCUT2D eigenvalue weighted by Gasteiger charge is -2.06. The first-order chi connectivity index (χ1) is 13.3. The molecule has 0 atom stereocenters. The van der Waals surface area contributed by atoms with E-state index in [4.69, 9.17) is 4.42 Å². The van der Waals surface area contributed by atoms with E-state index in [0.29, 0.717) is 35.7 Å². The third kappa shape index (κ3) is 3.56. The van der Waals surface area contributed by atoms with Gasteiger partial charge in [0.25, 0.3) is 0 Å². The fourth-order valence-electron chi connectivity index (χ4n) is 2.64. The van der Waals surface area contributed by atoms with E-state index >= 15 is 0 Å². The minimum absolute atomic E-state index is 0.113. The van der Waals surface area contributed by atoms with Crippen molar-refractivity contribution in [3.63, 3.8) is 0 Å². The Bertz CT molecular complexity index is 1050. The van der Waals surface area contributed by atoms with Crippen molar-refractivity contribution in [1.29, 1.82) is 0 Å². The second-order valence-electron chi connectivity index (χ2n) is 5.64. The van der Waals surface area contributed by atoms with E-state index in [1.807, 2.05) is 46.4 Å². The van der Waals surface area contributed by atoms with Crippen molar-refractivity contribution in [2.75, 3.05) is 5.75 Å². The maximum atomic E-state index is 12.2. The second-order valence-corrected chi connectivity index (χ2v) is 6.58. The van der Waals surface area contributed by atoms with E-state index in [0.717, 1.165) is 5.65 Å². The van der Waals surface area contributed by atoms with Gasteiger partial charge in [-0.25, -0.2) is 0 Å². The highest BCUT2D eigenvalue weighted by Crippen LogP contribution is 2.24. The highest BCUT2D eigenvalue weighted by Gasteiger charge is 2.16. The minimum Gasteiger partial charge on any atom is -0.461 e. The van der Waals surface area contributed by atoms with Crippen molar-refractivity contribution in [2.45, 2.75) is 25.2 Å². The number of aromatic nitrogens is 6. The molecule has 0 saturated carbocycles. The Morgan fingerprint density at radius 2 is 2.11 bits per heavy atom. The van der Waals surface area contributed by atoms with Gasteiger partial charge >= 0.3 is 0 Å². The molecule has 4 aromatic rings. The number of thioether (sulfide) groups is 1. The zero-order chi connectivity index (χ0) is 18.6. The number of nitrogens with one attached hydrogen (secondary N) is 1. The van der Waals surface area contributed by atoms with Gasteiger partial charge in [0, 0.05) is 12.7 Å². The van der Waals surface area contributed by atoms with E-state index in [1.54, 1.807) is 12.3 Å². The quantitative estimate of drug-likeness (QED) is 0.487. The molecule has 0 aliphatic rings. The maximum Gasteiger partial charge on any atom is 0.230 e.